The fourth-order valence-electron chi connectivity index (χ4n) is 7.37. The zero-order valence-electron chi connectivity index (χ0n) is 26.1. The Kier molecular flexibility index (Phi) is 5.91. The van der Waals surface area contributed by atoms with Gasteiger partial charge in [0.1, 0.15) is 0 Å². The normalized spacial score (nSPS) is 11.8. The summed E-state index contributed by atoms with van der Waals surface area (Å²) >= 11 is 0. The third-order valence-corrected chi connectivity index (χ3v) is 9.81. The van der Waals surface area contributed by atoms with Crippen LogP contribution in [0.25, 0.3) is 98.5 Å². The van der Waals surface area contributed by atoms with E-state index in [0.717, 1.165) is 33.9 Å². The number of fused-ring (bicyclic) bond motifs is 9. The Morgan fingerprint density at radius 1 is 0.250 bits per heavy atom. The summed E-state index contributed by atoms with van der Waals surface area (Å²) in [5.41, 5.74) is 4.95. The van der Waals surface area contributed by atoms with Gasteiger partial charge in [0.2, 0.25) is 0 Å². The van der Waals surface area contributed by atoms with Gasteiger partial charge >= 0.3 is 0 Å². The maximum absolute atomic E-state index is 5.23. The minimum Gasteiger partial charge on any atom is -0.228 e. The van der Waals surface area contributed by atoms with Crippen LogP contribution < -0.4 is 0 Å². The fourth-order valence-corrected chi connectivity index (χ4v) is 7.37. The van der Waals surface area contributed by atoms with E-state index in [0.29, 0.717) is 0 Å². The van der Waals surface area contributed by atoms with Crippen molar-refractivity contribution < 1.29 is 0 Å². The Hall–Kier alpha value is -6.38. The van der Waals surface area contributed by atoms with Crippen molar-refractivity contribution in [2.24, 2.45) is 0 Å². The standard InChI is InChI=1S/C46H28N2/c1-4-10-38-29(7-1)13-16-32-25-35(19-22-41(32)38)44-28-45(36-20-23-42-33(26-36)17-14-30-8-2-5-11-39(30)42)48-46(47-44)37-21-24-43-34(27-37)18-15-31-9-3-6-12-40(31)43/h1-28H. The topological polar surface area (TPSA) is 25.8 Å². The molecule has 0 radical (unpaired) electrons. The minimum absolute atomic E-state index is 0.717. The lowest BCUT2D eigenvalue weighted by Crippen LogP contribution is -1.96. The predicted octanol–water partition coefficient (Wildman–Crippen LogP) is 12.4. The summed E-state index contributed by atoms with van der Waals surface area (Å²) in [6.45, 7) is 0. The van der Waals surface area contributed by atoms with E-state index < -0.39 is 0 Å². The van der Waals surface area contributed by atoms with E-state index in [1.165, 1.54) is 64.6 Å². The van der Waals surface area contributed by atoms with Gasteiger partial charge in [0.05, 0.1) is 11.4 Å². The molecule has 0 saturated heterocycles. The van der Waals surface area contributed by atoms with Crippen molar-refractivity contribution in [2.75, 3.05) is 0 Å². The second kappa shape index (κ2) is 10.6. The van der Waals surface area contributed by atoms with Crippen molar-refractivity contribution in [1.29, 1.82) is 0 Å². The molecular weight excluding hydrogens is 581 g/mol. The lowest BCUT2D eigenvalue weighted by atomic mass is 9.97. The summed E-state index contributed by atoms with van der Waals surface area (Å²) in [7, 11) is 0. The second-order valence-corrected chi connectivity index (χ2v) is 12.6. The average molecular weight is 609 g/mol. The molecule has 0 spiro atoms. The highest BCUT2D eigenvalue weighted by molar-refractivity contribution is 6.10. The Balaban J connectivity index is 1.17. The van der Waals surface area contributed by atoms with Gasteiger partial charge in [-0.1, -0.05) is 146 Å². The molecule has 222 valence electrons. The van der Waals surface area contributed by atoms with E-state index in [1.54, 1.807) is 0 Å². The quantitative estimate of drug-likeness (QED) is 0.187. The Bertz CT molecular complexity index is 2570. The van der Waals surface area contributed by atoms with Gasteiger partial charge in [0, 0.05) is 16.7 Å². The fraction of sp³-hybridized carbons (Fsp3) is 0. The smallest absolute Gasteiger partial charge is 0.160 e. The van der Waals surface area contributed by atoms with Crippen LogP contribution in [0.4, 0.5) is 0 Å². The van der Waals surface area contributed by atoms with Crippen LogP contribution in [-0.2, 0) is 0 Å². The van der Waals surface area contributed by atoms with Gasteiger partial charge in [-0.05, 0) is 88.9 Å². The zero-order valence-corrected chi connectivity index (χ0v) is 26.1. The molecule has 10 aromatic rings. The number of hydrogen-bond acceptors (Lipinski definition) is 2. The molecule has 1 aromatic heterocycles. The summed E-state index contributed by atoms with van der Waals surface area (Å²) in [6, 6.07) is 61.1. The van der Waals surface area contributed by atoms with Crippen LogP contribution in [0.2, 0.25) is 0 Å². The monoisotopic (exact) mass is 608 g/mol. The molecule has 0 N–H and O–H groups in total. The van der Waals surface area contributed by atoms with Crippen LogP contribution in [0, 0.1) is 0 Å². The SMILES string of the molecule is c1ccc2c(c1)ccc1cc(-c3cc(-c4ccc5c(ccc6ccccc65)c4)nc(-c4ccc5c(ccc6ccccc65)c4)n3)ccc12. The molecule has 2 heteroatoms. The van der Waals surface area contributed by atoms with Crippen LogP contribution in [0.15, 0.2) is 170 Å². The highest BCUT2D eigenvalue weighted by Gasteiger charge is 2.14. The van der Waals surface area contributed by atoms with Crippen LogP contribution in [-0.4, -0.2) is 9.97 Å². The van der Waals surface area contributed by atoms with Gasteiger partial charge in [-0.25, -0.2) is 9.97 Å². The predicted molar refractivity (Wildman–Crippen MR) is 203 cm³/mol. The molecule has 0 saturated carbocycles. The number of hydrogen-bond donors (Lipinski definition) is 0. The number of benzene rings is 9. The summed E-state index contributed by atoms with van der Waals surface area (Å²) in [4.78, 5) is 10.5. The lowest BCUT2D eigenvalue weighted by molar-refractivity contribution is 1.19. The van der Waals surface area contributed by atoms with Crippen LogP contribution in [0.5, 0.6) is 0 Å². The molecule has 2 nitrogen and oxygen atoms in total. The molecule has 1 heterocycles. The third kappa shape index (κ3) is 4.35. The Morgan fingerprint density at radius 3 is 1.02 bits per heavy atom. The number of nitrogens with zero attached hydrogens (tertiary/aromatic N) is 2. The molecule has 10 rings (SSSR count). The van der Waals surface area contributed by atoms with E-state index in [2.05, 4.69) is 170 Å². The van der Waals surface area contributed by atoms with Crippen molar-refractivity contribution in [3.05, 3.63) is 170 Å². The first-order valence-electron chi connectivity index (χ1n) is 16.4. The van der Waals surface area contributed by atoms with E-state index in [1.807, 2.05) is 0 Å². The van der Waals surface area contributed by atoms with Crippen LogP contribution in [0.3, 0.4) is 0 Å². The van der Waals surface area contributed by atoms with Gasteiger partial charge in [-0.2, -0.15) is 0 Å². The van der Waals surface area contributed by atoms with Crippen molar-refractivity contribution in [1.82, 2.24) is 9.97 Å². The maximum Gasteiger partial charge on any atom is 0.160 e. The van der Waals surface area contributed by atoms with Crippen molar-refractivity contribution in [2.45, 2.75) is 0 Å². The molecule has 9 aromatic carbocycles. The molecule has 48 heavy (non-hydrogen) atoms. The molecule has 0 bridgehead atoms. The first kappa shape index (κ1) is 26.8. The summed E-state index contributed by atoms with van der Waals surface area (Å²) in [5.74, 6) is 0.717. The van der Waals surface area contributed by atoms with Gasteiger partial charge in [0.15, 0.2) is 5.82 Å². The van der Waals surface area contributed by atoms with E-state index in [4.69, 9.17) is 9.97 Å². The summed E-state index contributed by atoms with van der Waals surface area (Å²) in [6.07, 6.45) is 0. The highest BCUT2D eigenvalue weighted by Crippen LogP contribution is 2.35. The van der Waals surface area contributed by atoms with Gasteiger partial charge in [-0.15, -0.1) is 0 Å². The Labute approximate surface area is 277 Å². The largest absolute Gasteiger partial charge is 0.228 e. The summed E-state index contributed by atoms with van der Waals surface area (Å²) in [5, 5.41) is 14.8. The molecule has 0 aliphatic carbocycles. The summed E-state index contributed by atoms with van der Waals surface area (Å²) < 4.78 is 0. The first-order valence-corrected chi connectivity index (χ1v) is 16.4. The highest BCUT2D eigenvalue weighted by atomic mass is 14.9. The average Bonchev–Trinajstić information content (AvgIpc) is 3.16. The van der Waals surface area contributed by atoms with Crippen molar-refractivity contribution in [3.8, 4) is 33.9 Å². The molecule has 0 aliphatic heterocycles. The minimum atomic E-state index is 0.717. The van der Waals surface area contributed by atoms with Crippen LogP contribution >= 0.6 is 0 Å². The van der Waals surface area contributed by atoms with Crippen molar-refractivity contribution in [3.63, 3.8) is 0 Å². The van der Waals surface area contributed by atoms with E-state index in [-0.39, 0.29) is 0 Å². The maximum atomic E-state index is 5.23. The lowest BCUT2D eigenvalue weighted by Gasteiger charge is -2.12. The number of rotatable bonds is 3. The van der Waals surface area contributed by atoms with Gasteiger partial charge < -0.3 is 0 Å². The number of aromatic nitrogens is 2. The second-order valence-electron chi connectivity index (χ2n) is 12.6. The van der Waals surface area contributed by atoms with Gasteiger partial charge in [-0.3, -0.25) is 0 Å². The van der Waals surface area contributed by atoms with Crippen LogP contribution in [0.1, 0.15) is 0 Å². The molecule has 0 amide bonds. The van der Waals surface area contributed by atoms with Crippen molar-refractivity contribution >= 4 is 64.6 Å². The molecule has 0 atom stereocenters. The molecular formula is C46H28N2. The van der Waals surface area contributed by atoms with Gasteiger partial charge in [0.25, 0.3) is 0 Å². The molecule has 0 aliphatic rings. The first-order chi connectivity index (χ1) is 23.7. The van der Waals surface area contributed by atoms with E-state index >= 15 is 0 Å². The zero-order chi connectivity index (χ0) is 31.6. The van der Waals surface area contributed by atoms with E-state index in [9.17, 15) is 0 Å². The third-order valence-electron chi connectivity index (χ3n) is 9.81. The molecule has 0 fully saturated rings. The Morgan fingerprint density at radius 2 is 0.583 bits per heavy atom. The molecule has 0 unspecified atom stereocenters.